The number of nitrogens with zero attached hydrogens (tertiary/aromatic N) is 4. The van der Waals surface area contributed by atoms with E-state index in [2.05, 4.69) is 19.9 Å². The summed E-state index contributed by atoms with van der Waals surface area (Å²) in [5.41, 5.74) is 1.17. The highest BCUT2D eigenvalue weighted by molar-refractivity contribution is 5.89. The second-order valence-corrected chi connectivity index (χ2v) is 7.85. The van der Waals surface area contributed by atoms with E-state index in [1.54, 1.807) is 17.3 Å². The van der Waals surface area contributed by atoms with Crippen molar-refractivity contribution in [3.8, 4) is 0 Å². The number of imidazole rings is 1. The predicted octanol–water partition coefficient (Wildman–Crippen LogP) is 1.53. The zero-order chi connectivity index (χ0) is 18.9. The minimum absolute atomic E-state index is 0.00536. The Labute approximate surface area is 158 Å². The Morgan fingerprint density at radius 2 is 2.07 bits per heavy atom. The van der Waals surface area contributed by atoms with Crippen molar-refractivity contribution in [1.82, 2.24) is 24.8 Å². The lowest BCUT2D eigenvalue weighted by molar-refractivity contribution is -0.129. The summed E-state index contributed by atoms with van der Waals surface area (Å²) >= 11 is 0. The fourth-order valence-electron chi connectivity index (χ4n) is 3.73. The number of aromatic nitrogens is 3. The zero-order valence-corrected chi connectivity index (χ0v) is 15.6. The van der Waals surface area contributed by atoms with Crippen LogP contribution in [0.25, 0.3) is 0 Å². The van der Waals surface area contributed by atoms with Crippen LogP contribution in [0.5, 0.6) is 0 Å². The van der Waals surface area contributed by atoms with Gasteiger partial charge in [0.2, 0.25) is 11.8 Å². The van der Waals surface area contributed by atoms with Crippen molar-refractivity contribution in [2.75, 3.05) is 13.1 Å². The van der Waals surface area contributed by atoms with Crippen LogP contribution in [-0.4, -0.2) is 44.3 Å². The molecule has 2 amide bonds. The van der Waals surface area contributed by atoms with Gasteiger partial charge in [-0.25, -0.2) is 4.98 Å². The van der Waals surface area contributed by atoms with E-state index in [1.165, 1.54) is 0 Å². The molecule has 1 atom stereocenters. The topological polar surface area (TPSA) is 80.1 Å². The smallest absolute Gasteiger partial charge is 0.225 e. The third-order valence-electron chi connectivity index (χ3n) is 5.73. The SMILES string of the molecule is Cc1nccn1CC1(CNC(=O)[C@@H]2CC(=O)N(Cc3ccncc3)C2)CC1. The summed E-state index contributed by atoms with van der Waals surface area (Å²) in [5, 5.41) is 3.10. The van der Waals surface area contributed by atoms with Crippen molar-refractivity contribution < 1.29 is 9.59 Å². The Kier molecular flexibility index (Phi) is 4.68. The number of hydrogen-bond donors (Lipinski definition) is 1. The normalized spacial score (nSPS) is 20.7. The van der Waals surface area contributed by atoms with E-state index in [0.29, 0.717) is 26.1 Å². The molecule has 2 aliphatic rings. The van der Waals surface area contributed by atoms with E-state index in [-0.39, 0.29) is 23.1 Å². The Morgan fingerprint density at radius 3 is 2.74 bits per heavy atom. The minimum Gasteiger partial charge on any atom is -0.355 e. The number of carbonyl (C=O) groups excluding carboxylic acids is 2. The number of pyridine rings is 1. The summed E-state index contributed by atoms with van der Waals surface area (Å²) in [6.45, 7) is 4.57. The molecule has 0 radical (unpaired) electrons. The fourth-order valence-corrected chi connectivity index (χ4v) is 3.73. The first kappa shape index (κ1) is 17.7. The summed E-state index contributed by atoms with van der Waals surface area (Å²) in [5.74, 6) is 0.780. The summed E-state index contributed by atoms with van der Waals surface area (Å²) in [4.78, 5) is 34.9. The van der Waals surface area contributed by atoms with Crippen molar-refractivity contribution in [2.24, 2.45) is 11.3 Å². The molecule has 2 aromatic heterocycles. The number of hydrogen-bond acceptors (Lipinski definition) is 4. The number of carbonyl (C=O) groups is 2. The van der Waals surface area contributed by atoms with Crippen molar-refractivity contribution >= 4 is 11.8 Å². The standard InChI is InChI=1S/C20H25N5O2/c1-15-22-8-9-24(15)14-20(4-5-20)13-23-19(27)17-10-18(26)25(12-17)11-16-2-6-21-7-3-16/h2-3,6-9,17H,4-5,10-14H2,1H3,(H,23,27)/t17-/m1/s1. The van der Waals surface area contributed by atoms with Crippen LogP contribution in [0.2, 0.25) is 0 Å². The minimum atomic E-state index is -0.259. The number of rotatable bonds is 7. The van der Waals surface area contributed by atoms with Crippen LogP contribution in [0.4, 0.5) is 0 Å². The largest absolute Gasteiger partial charge is 0.355 e. The highest BCUT2D eigenvalue weighted by Gasteiger charge is 2.44. The van der Waals surface area contributed by atoms with Crippen LogP contribution in [0.15, 0.2) is 36.9 Å². The first-order valence-electron chi connectivity index (χ1n) is 9.47. The molecule has 1 aliphatic heterocycles. The molecule has 1 saturated heterocycles. The molecule has 1 aliphatic carbocycles. The maximum absolute atomic E-state index is 12.6. The van der Waals surface area contributed by atoms with E-state index in [1.807, 2.05) is 31.5 Å². The molecule has 0 spiro atoms. The predicted molar refractivity (Wildman–Crippen MR) is 99.4 cm³/mol. The van der Waals surface area contributed by atoms with Crippen LogP contribution >= 0.6 is 0 Å². The lowest BCUT2D eigenvalue weighted by atomic mass is 10.1. The summed E-state index contributed by atoms with van der Waals surface area (Å²) in [7, 11) is 0. The number of amides is 2. The van der Waals surface area contributed by atoms with E-state index in [4.69, 9.17) is 0 Å². The van der Waals surface area contributed by atoms with Crippen molar-refractivity contribution in [3.63, 3.8) is 0 Å². The van der Waals surface area contributed by atoms with Crippen LogP contribution in [0.3, 0.4) is 0 Å². The average molecular weight is 367 g/mol. The second kappa shape index (κ2) is 7.13. The van der Waals surface area contributed by atoms with E-state index in [0.717, 1.165) is 30.8 Å². The quantitative estimate of drug-likeness (QED) is 0.805. The van der Waals surface area contributed by atoms with Gasteiger partial charge in [-0.1, -0.05) is 0 Å². The zero-order valence-electron chi connectivity index (χ0n) is 15.6. The van der Waals surface area contributed by atoms with Gasteiger partial charge in [0.05, 0.1) is 5.92 Å². The highest BCUT2D eigenvalue weighted by Crippen LogP contribution is 2.46. The van der Waals surface area contributed by atoms with Gasteiger partial charge in [-0.2, -0.15) is 0 Å². The van der Waals surface area contributed by atoms with Crippen LogP contribution in [-0.2, 0) is 22.7 Å². The van der Waals surface area contributed by atoms with E-state index in [9.17, 15) is 9.59 Å². The third kappa shape index (κ3) is 4.02. The molecule has 0 aromatic carbocycles. The van der Waals surface area contributed by atoms with Crippen molar-refractivity contribution in [2.45, 2.75) is 39.3 Å². The van der Waals surface area contributed by atoms with Gasteiger partial charge in [0.25, 0.3) is 0 Å². The van der Waals surface area contributed by atoms with Crippen molar-refractivity contribution in [3.05, 3.63) is 48.3 Å². The summed E-state index contributed by atoms with van der Waals surface area (Å²) < 4.78 is 2.15. The van der Waals surface area contributed by atoms with Crippen LogP contribution < -0.4 is 5.32 Å². The summed E-state index contributed by atoms with van der Waals surface area (Å²) in [6.07, 6.45) is 9.76. The van der Waals surface area contributed by atoms with Crippen molar-refractivity contribution in [1.29, 1.82) is 0 Å². The molecule has 1 saturated carbocycles. The van der Waals surface area contributed by atoms with Gasteiger partial charge < -0.3 is 14.8 Å². The molecular weight excluding hydrogens is 342 g/mol. The van der Waals surface area contributed by atoms with Crippen LogP contribution in [0, 0.1) is 18.3 Å². The van der Waals surface area contributed by atoms with Gasteiger partial charge in [0.1, 0.15) is 5.82 Å². The average Bonchev–Trinajstić information content (AvgIpc) is 3.18. The number of likely N-dealkylation sites (tertiary alicyclic amines) is 1. The highest BCUT2D eigenvalue weighted by atomic mass is 16.2. The van der Waals surface area contributed by atoms with Gasteiger partial charge in [0, 0.05) is 62.8 Å². The van der Waals surface area contributed by atoms with Crippen LogP contribution in [0.1, 0.15) is 30.7 Å². The monoisotopic (exact) mass is 367 g/mol. The molecule has 27 heavy (non-hydrogen) atoms. The number of nitrogens with one attached hydrogen (secondary N) is 1. The molecule has 2 aromatic rings. The lowest BCUT2D eigenvalue weighted by Crippen LogP contribution is -2.37. The Hall–Kier alpha value is -2.70. The third-order valence-corrected chi connectivity index (χ3v) is 5.73. The molecular formula is C20H25N5O2. The maximum atomic E-state index is 12.6. The summed E-state index contributed by atoms with van der Waals surface area (Å²) in [6, 6.07) is 3.80. The molecule has 7 heteroatoms. The molecule has 3 heterocycles. The lowest BCUT2D eigenvalue weighted by Gasteiger charge is -2.20. The molecule has 0 bridgehead atoms. The maximum Gasteiger partial charge on any atom is 0.225 e. The van der Waals surface area contributed by atoms with E-state index < -0.39 is 0 Å². The fraction of sp³-hybridized carbons (Fsp3) is 0.500. The Bertz CT molecular complexity index is 828. The van der Waals surface area contributed by atoms with Gasteiger partial charge >= 0.3 is 0 Å². The Balaban J connectivity index is 1.29. The molecule has 2 fully saturated rings. The van der Waals surface area contributed by atoms with Gasteiger partial charge in [-0.05, 0) is 37.5 Å². The molecule has 0 unspecified atom stereocenters. The molecule has 142 valence electrons. The second-order valence-electron chi connectivity index (χ2n) is 7.85. The first-order valence-corrected chi connectivity index (χ1v) is 9.47. The Morgan fingerprint density at radius 1 is 1.30 bits per heavy atom. The first-order chi connectivity index (χ1) is 13.0. The number of aryl methyl sites for hydroxylation is 1. The van der Waals surface area contributed by atoms with Gasteiger partial charge in [-0.3, -0.25) is 14.6 Å². The van der Waals surface area contributed by atoms with Gasteiger partial charge in [-0.15, -0.1) is 0 Å². The molecule has 4 rings (SSSR count). The molecule has 7 nitrogen and oxygen atoms in total. The van der Waals surface area contributed by atoms with E-state index >= 15 is 0 Å². The van der Waals surface area contributed by atoms with Gasteiger partial charge in [0.15, 0.2) is 0 Å². The molecule has 1 N–H and O–H groups in total.